The molecule has 114 valence electrons. The van der Waals surface area contributed by atoms with Crippen LogP contribution in [0.1, 0.15) is 26.4 Å². The van der Waals surface area contributed by atoms with E-state index in [-0.39, 0.29) is 17.5 Å². The van der Waals surface area contributed by atoms with E-state index in [2.05, 4.69) is 10.3 Å². The largest absolute Gasteiger partial charge is 0.347 e. The van der Waals surface area contributed by atoms with E-state index in [1.54, 1.807) is 32.3 Å². The normalized spacial score (nSPS) is 10.1. The first-order valence-electron chi connectivity index (χ1n) is 6.67. The van der Waals surface area contributed by atoms with Crippen molar-refractivity contribution < 1.29 is 9.59 Å². The number of hydrogen-bond acceptors (Lipinski definition) is 3. The van der Waals surface area contributed by atoms with Gasteiger partial charge in [-0.3, -0.25) is 14.6 Å². The molecule has 0 spiro atoms. The van der Waals surface area contributed by atoms with Gasteiger partial charge in [-0.05, 0) is 29.8 Å². The first-order chi connectivity index (χ1) is 10.5. The summed E-state index contributed by atoms with van der Waals surface area (Å²) in [7, 11) is 3.41. The molecule has 0 aliphatic carbocycles. The second-order valence-electron chi connectivity index (χ2n) is 4.94. The lowest BCUT2D eigenvalue weighted by Gasteiger charge is -2.10. The summed E-state index contributed by atoms with van der Waals surface area (Å²) in [6.07, 6.45) is 1.49. The van der Waals surface area contributed by atoms with E-state index in [1.165, 1.54) is 17.2 Å². The van der Waals surface area contributed by atoms with Crippen LogP contribution in [0.25, 0.3) is 0 Å². The van der Waals surface area contributed by atoms with Crippen molar-refractivity contribution in [2.45, 2.75) is 6.54 Å². The third-order valence-corrected chi connectivity index (χ3v) is 3.25. The van der Waals surface area contributed by atoms with Crippen LogP contribution < -0.4 is 5.32 Å². The molecule has 0 radical (unpaired) electrons. The van der Waals surface area contributed by atoms with Gasteiger partial charge in [0.05, 0.1) is 0 Å². The third kappa shape index (κ3) is 4.05. The Kier molecular flexibility index (Phi) is 5.12. The first kappa shape index (κ1) is 16.0. The summed E-state index contributed by atoms with van der Waals surface area (Å²) in [6.45, 7) is 0.351. The predicted octanol–water partition coefficient (Wildman–Crippen LogP) is 2.37. The van der Waals surface area contributed by atoms with Gasteiger partial charge in [0, 0.05) is 37.4 Å². The molecule has 0 saturated heterocycles. The summed E-state index contributed by atoms with van der Waals surface area (Å²) in [5, 5.41) is 3.22. The molecule has 1 aromatic heterocycles. The van der Waals surface area contributed by atoms with E-state index >= 15 is 0 Å². The molecule has 0 unspecified atom stereocenters. The zero-order valence-electron chi connectivity index (χ0n) is 12.3. The fraction of sp³-hybridized carbons (Fsp3) is 0.188. The number of carbonyl (C=O) groups excluding carboxylic acids is 2. The predicted molar refractivity (Wildman–Crippen MR) is 84.9 cm³/mol. The van der Waals surface area contributed by atoms with Crippen LogP contribution in [0.2, 0.25) is 5.02 Å². The Balaban J connectivity index is 1.97. The van der Waals surface area contributed by atoms with Crippen molar-refractivity contribution in [1.29, 1.82) is 0 Å². The quantitative estimate of drug-likeness (QED) is 0.941. The number of rotatable bonds is 4. The molecule has 2 amide bonds. The van der Waals surface area contributed by atoms with Crippen molar-refractivity contribution in [2.24, 2.45) is 0 Å². The van der Waals surface area contributed by atoms with Gasteiger partial charge in [-0.25, -0.2) is 0 Å². The lowest BCUT2D eigenvalue weighted by atomic mass is 10.1. The fourth-order valence-corrected chi connectivity index (χ4v) is 1.98. The molecular formula is C16H16ClN3O2. The number of nitrogens with zero attached hydrogens (tertiary/aromatic N) is 2. The van der Waals surface area contributed by atoms with Crippen molar-refractivity contribution in [1.82, 2.24) is 15.2 Å². The smallest absolute Gasteiger partial charge is 0.270 e. The Morgan fingerprint density at radius 3 is 2.45 bits per heavy atom. The minimum Gasteiger partial charge on any atom is -0.347 e. The molecule has 2 aromatic rings. The van der Waals surface area contributed by atoms with Gasteiger partial charge in [0.2, 0.25) is 0 Å². The Hall–Kier alpha value is -2.40. The zero-order valence-corrected chi connectivity index (χ0v) is 13.1. The van der Waals surface area contributed by atoms with Crippen LogP contribution in [0.5, 0.6) is 0 Å². The molecule has 0 aliphatic heterocycles. The monoisotopic (exact) mass is 317 g/mol. The summed E-state index contributed by atoms with van der Waals surface area (Å²) in [5.41, 5.74) is 1.77. The highest BCUT2D eigenvalue weighted by atomic mass is 35.5. The van der Waals surface area contributed by atoms with Crippen LogP contribution in [0.4, 0.5) is 0 Å². The number of aromatic nitrogens is 1. The minimum absolute atomic E-state index is 0.0567. The van der Waals surface area contributed by atoms with Crippen LogP contribution in [-0.4, -0.2) is 35.8 Å². The maximum Gasteiger partial charge on any atom is 0.270 e. The molecule has 0 atom stereocenters. The number of amides is 2. The number of pyridine rings is 1. The lowest BCUT2D eigenvalue weighted by molar-refractivity contribution is 0.0827. The summed E-state index contributed by atoms with van der Waals surface area (Å²) in [5.74, 6) is -0.352. The molecule has 1 N–H and O–H groups in total. The Morgan fingerprint density at radius 2 is 1.86 bits per heavy atom. The molecular weight excluding hydrogens is 302 g/mol. The van der Waals surface area contributed by atoms with E-state index in [0.717, 1.165) is 5.56 Å². The van der Waals surface area contributed by atoms with Crippen LogP contribution in [-0.2, 0) is 6.54 Å². The Morgan fingerprint density at radius 1 is 1.18 bits per heavy atom. The zero-order chi connectivity index (χ0) is 16.1. The second-order valence-corrected chi connectivity index (χ2v) is 5.37. The van der Waals surface area contributed by atoms with Crippen molar-refractivity contribution in [3.63, 3.8) is 0 Å². The van der Waals surface area contributed by atoms with Gasteiger partial charge >= 0.3 is 0 Å². The molecule has 0 saturated carbocycles. The highest BCUT2D eigenvalue weighted by Gasteiger charge is 2.09. The molecule has 6 heteroatoms. The summed E-state index contributed by atoms with van der Waals surface area (Å²) >= 11 is 5.82. The van der Waals surface area contributed by atoms with Crippen LogP contribution >= 0.6 is 11.6 Å². The van der Waals surface area contributed by atoms with Gasteiger partial charge in [0.15, 0.2) is 0 Å². The first-order valence-corrected chi connectivity index (χ1v) is 7.05. The maximum absolute atomic E-state index is 11.9. The lowest BCUT2D eigenvalue weighted by Crippen LogP contribution is -2.24. The highest BCUT2D eigenvalue weighted by molar-refractivity contribution is 6.30. The minimum atomic E-state index is -0.295. The molecule has 22 heavy (non-hydrogen) atoms. The van der Waals surface area contributed by atoms with Gasteiger partial charge in [-0.15, -0.1) is 0 Å². The second kappa shape index (κ2) is 7.04. The number of halogens is 1. The summed E-state index contributed by atoms with van der Waals surface area (Å²) in [6, 6.07) is 10.2. The molecule has 5 nitrogen and oxygen atoms in total. The number of benzene rings is 1. The van der Waals surface area contributed by atoms with Gasteiger partial charge in [-0.1, -0.05) is 23.7 Å². The molecule has 2 rings (SSSR count). The average molecular weight is 318 g/mol. The van der Waals surface area contributed by atoms with Crippen LogP contribution in [0.15, 0.2) is 42.6 Å². The highest BCUT2D eigenvalue weighted by Crippen LogP contribution is 2.09. The summed E-state index contributed by atoms with van der Waals surface area (Å²) in [4.78, 5) is 29.2. The average Bonchev–Trinajstić information content (AvgIpc) is 2.52. The molecule has 0 bridgehead atoms. The Bertz CT molecular complexity index is 684. The van der Waals surface area contributed by atoms with E-state index in [0.29, 0.717) is 17.1 Å². The van der Waals surface area contributed by atoms with Crippen LogP contribution in [0, 0.1) is 0 Å². The fourth-order valence-electron chi connectivity index (χ4n) is 1.83. The summed E-state index contributed by atoms with van der Waals surface area (Å²) < 4.78 is 0. The van der Waals surface area contributed by atoms with Crippen molar-refractivity contribution in [2.75, 3.05) is 14.1 Å². The van der Waals surface area contributed by atoms with Crippen molar-refractivity contribution in [3.8, 4) is 0 Å². The molecule has 0 aliphatic rings. The van der Waals surface area contributed by atoms with Gasteiger partial charge in [0.25, 0.3) is 11.8 Å². The van der Waals surface area contributed by atoms with Crippen LogP contribution in [0.3, 0.4) is 0 Å². The third-order valence-electron chi connectivity index (χ3n) is 3.01. The van der Waals surface area contributed by atoms with E-state index in [4.69, 9.17) is 11.6 Å². The molecule has 1 heterocycles. The SMILES string of the molecule is CN(C)C(=O)c1ccc(CNC(=O)c2cc(Cl)ccn2)cc1. The van der Waals surface area contributed by atoms with Gasteiger partial charge < -0.3 is 10.2 Å². The standard InChI is InChI=1S/C16H16ClN3O2/c1-20(2)16(22)12-5-3-11(4-6-12)10-19-15(21)14-9-13(17)7-8-18-14/h3-9H,10H2,1-2H3,(H,19,21). The molecule has 1 aromatic carbocycles. The van der Waals surface area contributed by atoms with Crippen molar-refractivity contribution >= 4 is 23.4 Å². The van der Waals surface area contributed by atoms with E-state index in [1.807, 2.05) is 12.1 Å². The number of nitrogens with one attached hydrogen (secondary N) is 1. The molecule has 0 fully saturated rings. The topological polar surface area (TPSA) is 62.3 Å². The van der Waals surface area contributed by atoms with Gasteiger partial charge in [-0.2, -0.15) is 0 Å². The Labute approximate surface area is 133 Å². The maximum atomic E-state index is 11.9. The number of carbonyl (C=O) groups is 2. The van der Waals surface area contributed by atoms with E-state index < -0.39 is 0 Å². The number of hydrogen-bond donors (Lipinski definition) is 1. The van der Waals surface area contributed by atoms with Crippen molar-refractivity contribution in [3.05, 3.63) is 64.4 Å². The van der Waals surface area contributed by atoms with Gasteiger partial charge in [0.1, 0.15) is 5.69 Å². The van der Waals surface area contributed by atoms with E-state index in [9.17, 15) is 9.59 Å².